The smallest absolute Gasteiger partial charge is 0.338 e. The lowest BCUT2D eigenvalue weighted by Gasteiger charge is -2.15. The largest absolute Gasteiger partial charge is 0.462 e. The molecule has 2 rings (SSSR count). The molecule has 0 aliphatic carbocycles. The molecule has 0 aromatic heterocycles. The van der Waals surface area contributed by atoms with Crippen molar-refractivity contribution in [3.05, 3.63) is 59.7 Å². The quantitative estimate of drug-likeness (QED) is 0.701. The highest BCUT2D eigenvalue weighted by Crippen LogP contribution is 2.19. The monoisotopic (exact) mass is 411 g/mol. The molecule has 27 heavy (non-hydrogen) atoms. The van der Waals surface area contributed by atoms with Crippen LogP contribution in [0.1, 0.15) is 35.8 Å². The zero-order valence-corrected chi connectivity index (χ0v) is 16.8. The molecule has 1 atom stereocenters. The number of hydrogen-bond acceptors (Lipinski definition) is 6. The Kier molecular flexibility index (Phi) is 6.40. The molecule has 0 amide bonds. The molecule has 0 fully saturated rings. The number of carbonyl (C=O) groups is 1. The summed E-state index contributed by atoms with van der Waals surface area (Å²) in [4.78, 5) is 11.8. The van der Waals surface area contributed by atoms with Crippen molar-refractivity contribution in [1.82, 2.24) is 4.72 Å². The fourth-order valence-electron chi connectivity index (χ4n) is 2.36. The van der Waals surface area contributed by atoms with Crippen LogP contribution in [0.5, 0.6) is 0 Å². The van der Waals surface area contributed by atoms with Gasteiger partial charge in [0, 0.05) is 12.3 Å². The zero-order valence-electron chi connectivity index (χ0n) is 15.2. The fraction of sp³-hybridized carbons (Fsp3) is 0.278. The average molecular weight is 412 g/mol. The first kappa shape index (κ1) is 21.1. The van der Waals surface area contributed by atoms with Crippen molar-refractivity contribution >= 4 is 25.8 Å². The molecule has 146 valence electrons. The van der Waals surface area contributed by atoms with Crippen molar-refractivity contribution in [2.75, 3.05) is 12.9 Å². The molecule has 7 nitrogen and oxygen atoms in total. The van der Waals surface area contributed by atoms with Crippen LogP contribution in [0.4, 0.5) is 0 Å². The van der Waals surface area contributed by atoms with Crippen LogP contribution in [0.2, 0.25) is 0 Å². The van der Waals surface area contributed by atoms with Gasteiger partial charge in [0.2, 0.25) is 10.0 Å². The molecule has 0 aliphatic rings. The summed E-state index contributed by atoms with van der Waals surface area (Å²) in [5.74, 6) is -0.520. The molecule has 0 radical (unpaired) electrons. The maximum Gasteiger partial charge on any atom is 0.338 e. The minimum Gasteiger partial charge on any atom is -0.462 e. The topological polar surface area (TPSA) is 107 Å². The number of sulfonamides is 1. The fourth-order valence-corrected chi connectivity index (χ4v) is 4.22. The Morgan fingerprint density at radius 3 is 1.96 bits per heavy atom. The lowest BCUT2D eigenvalue weighted by molar-refractivity contribution is 0.0526. The van der Waals surface area contributed by atoms with Crippen LogP contribution >= 0.6 is 0 Å². The molecule has 1 unspecified atom stereocenters. The minimum absolute atomic E-state index is 0.00940. The van der Waals surface area contributed by atoms with Crippen LogP contribution in [-0.4, -0.2) is 35.7 Å². The van der Waals surface area contributed by atoms with Gasteiger partial charge < -0.3 is 4.74 Å². The van der Waals surface area contributed by atoms with Crippen LogP contribution in [-0.2, 0) is 24.6 Å². The zero-order chi connectivity index (χ0) is 20.2. The van der Waals surface area contributed by atoms with Gasteiger partial charge in [0.25, 0.3) is 0 Å². The van der Waals surface area contributed by atoms with Crippen LogP contribution in [0.15, 0.2) is 58.3 Å². The first-order chi connectivity index (χ1) is 12.5. The standard InChI is InChI=1S/C18H21NO6S2/c1-4-25-18(20)15-7-11-17(12-8-15)27(23,24)19-13(2)14-5-9-16(10-6-14)26(3,21)22/h5-13,19H,4H2,1-3H3. The molecule has 0 aliphatic heterocycles. The van der Waals surface area contributed by atoms with Crippen LogP contribution in [0.25, 0.3) is 0 Å². The van der Waals surface area contributed by atoms with Gasteiger partial charge in [-0.3, -0.25) is 0 Å². The third kappa shape index (κ3) is 5.38. The molecular formula is C18H21NO6S2. The van der Waals surface area contributed by atoms with E-state index >= 15 is 0 Å². The van der Waals surface area contributed by atoms with Crippen molar-refractivity contribution in [2.45, 2.75) is 29.7 Å². The minimum atomic E-state index is -3.82. The van der Waals surface area contributed by atoms with Crippen LogP contribution in [0.3, 0.4) is 0 Å². The SMILES string of the molecule is CCOC(=O)c1ccc(S(=O)(=O)NC(C)c2ccc(S(C)(=O)=O)cc2)cc1. The normalized spacial score (nSPS) is 13.1. The second-order valence-electron chi connectivity index (χ2n) is 5.93. The van der Waals surface area contributed by atoms with Crippen LogP contribution < -0.4 is 4.72 Å². The Morgan fingerprint density at radius 1 is 0.963 bits per heavy atom. The number of carbonyl (C=O) groups excluding carboxylic acids is 1. The van der Waals surface area contributed by atoms with Gasteiger partial charge in [-0.05, 0) is 55.8 Å². The van der Waals surface area contributed by atoms with Gasteiger partial charge in [-0.2, -0.15) is 0 Å². The highest BCUT2D eigenvalue weighted by Gasteiger charge is 2.19. The number of esters is 1. The summed E-state index contributed by atoms with van der Waals surface area (Å²) in [7, 11) is -7.14. The first-order valence-corrected chi connectivity index (χ1v) is 11.5. The Balaban J connectivity index is 2.16. The number of ether oxygens (including phenoxy) is 1. The third-order valence-electron chi connectivity index (χ3n) is 3.82. The van der Waals surface area contributed by atoms with Gasteiger partial charge in [-0.25, -0.2) is 26.4 Å². The predicted molar refractivity (Wildman–Crippen MR) is 101 cm³/mol. The Labute approximate surface area is 159 Å². The molecule has 2 aromatic rings. The maximum atomic E-state index is 12.5. The summed E-state index contributed by atoms with van der Waals surface area (Å²) in [5, 5.41) is 0. The Morgan fingerprint density at radius 2 is 1.48 bits per heavy atom. The van der Waals surface area contributed by atoms with Gasteiger partial charge in [0.05, 0.1) is 22.0 Å². The molecule has 2 aromatic carbocycles. The summed E-state index contributed by atoms with van der Waals surface area (Å²) in [5.41, 5.74) is 0.884. The van der Waals surface area contributed by atoms with Crippen molar-refractivity contribution in [3.63, 3.8) is 0 Å². The van der Waals surface area contributed by atoms with Gasteiger partial charge in [-0.1, -0.05) is 12.1 Å². The number of rotatable bonds is 7. The van der Waals surface area contributed by atoms with E-state index in [4.69, 9.17) is 4.74 Å². The molecule has 0 heterocycles. The van der Waals surface area contributed by atoms with E-state index in [1.54, 1.807) is 26.0 Å². The summed E-state index contributed by atoms with van der Waals surface area (Å²) >= 11 is 0. The molecule has 1 N–H and O–H groups in total. The van der Waals surface area contributed by atoms with E-state index in [1.165, 1.54) is 36.4 Å². The Bertz CT molecular complexity index is 1010. The number of hydrogen-bond donors (Lipinski definition) is 1. The van der Waals surface area contributed by atoms with E-state index in [1.807, 2.05) is 0 Å². The summed E-state index contributed by atoms with van der Waals surface area (Å²) < 4.78 is 55.4. The van der Waals surface area contributed by atoms with Crippen LogP contribution in [0, 0.1) is 0 Å². The summed E-state index contributed by atoms with van der Waals surface area (Å²) in [6, 6.07) is 10.8. The number of benzene rings is 2. The van der Waals surface area contributed by atoms with Crippen molar-refractivity contribution < 1.29 is 26.4 Å². The molecule has 0 bridgehead atoms. The lowest BCUT2D eigenvalue weighted by atomic mass is 10.1. The number of nitrogens with one attached hydrogen (secondary N) is 1. The average Bonchev–Trinajstić information content (AvgIpc) is 2.61. The highest BCUT2D eigenvalue weighted by atomic mass is 32.2. The van der Waals surface area contributed by atoms with Crippen molar-refractivity contribution in [2.24, 2.45) is 0 Å². The Hall–Kier alpha value is -2.23. The molecule has 0 spiro atoms. The first-order valence-electron chi connectivity index (χ1n) is 8.14. The molecule has 0 saturated carbocycles. The second-order valence-corrected chi connectivity index (χ2v) is 9.66. The van der Waals surface area contributed by atoms with Gasteiger partial charge in [0.1, 0.15) is 0 Å². The highest BCUT2D eigenvalue weighted by molar-refractivity contribution is 7.90. The summed E-state index contributed by atoms with van der Waals surface area (Å²) in [6.07, 6.45) is 1.11. The van der Waals surface area contributed by atoms with Crippen molar-refractivity contribution in [1.29, 1.82) is 0 Å². The molecule has 0 saturated heterocycles. The van der Waals surface area contributed by atoms with Gasteiger partial charge in [-0.15, -0.1) is 0 Å². The van der Waals surface area contributed by atoms with E-state index in [2.05, 4.69) is 4.72 Å². The predicted octanol–water partition coefficient (Wildman–Crippen LogP) is 2.31. The lowest BCUT2D eigenvalue weighted by Crippen LogP contribution is -2.27. The van der Waals surface area contributed by atoms with E-state index in [-0.39, 0.29) is 22.0 Å². The maximum absolute atomic E-state index is 12.5. The summed E-state index contributed by atoms with van der Waals surface area (Å²) in [6.45, 7) is 3.57. The van der Waals surface area contributed by atoms with Crippen molar-refractivity contribution in [3.8, 4) is 0 Å². The van der Waals surface area contributed by atoms with Gasteiger partial charge >= 0.3 is 5.97 Å². The van der Waals surface area contributed by atoms with E-state index in [0.29, 0.717) is 5.56 Å². The van der Waals surface area contributed by atoms with E-state index in [0.717, 1.165) is 6.26 Å². The van der Waals surface area contributed by atoms with E-state index < -0.39 is 31.9 Å². The van der Waals surface area contributed by atoms with E-state index in [9.17, 15) is 21.6 Å². The second kappa shape index (κ2) is 8.20. The molecule has 9 heteroatoms. The third-order valence-corrected chi connectivity index (χ3v) is 6.50. The molecular weight excluding hydrogens is 390 g/mol. The van der Waals surface area contributed by atoms with Gasteiger partial charge in [0.15, 0.2) is 9.84 Å². The number of sulfone groups is 1.